The fourth-order valence-corrected chi connectivity index (χ4v) is 3.81. The zero-order valence-corrected chi connectivity index (χ0v) is 19.2. The number of amides is 1. The van der Waals surface area contributed by atoms with Crippen molar-refractivity contribution < 1.29 is 4.79 Å². The summed E-state index contributed by atoms with van der Waals surface area (Å²) in [5.41, 5.74) is 3.02. The number of rotatable bonds is 4. The van der Waals surface area contributed by atoms with Crippen molar-refractivity contribution in [1.29, 1.82) is 0 Å². The van der Waals surface area contributed by atoms with Crippen LogP contribution in [-0.4, -0.2) is 33.3 Å². The molecule has 1 fully saturated rings. The van der Waals surface area contributed by atoms with Gasteiger partial charge in [0.25, 0.3) is 11.5 Å². The van der Waals surface area contributed by atoms with Gasteiger partial charge in [-0.2, -0.15) is 5.10 Å². The summed E-state index contributed by atoms with van der Waals surface area (Å²) in [7, 11) is 0. The van der Waals surface area contributed by atoms with Crippen molar-refractivity contribution >= 4 is 36.4 Å². The van der Waals surface area contributed by atoms with E-state index in [0.717, 1.165) is 37.3 Å². The lowest BCUT2D eigenvalue weighted by molar-refractivity contribution is 0.102. The summed E-state index contributed by atoms with van der Waals surface area (Å²) >= 11 is 0. The molecule has 162 valence electrons. The summed E-state index contributed by atoms with van der Waals surface area (Å²) in [5.74, 6) is -0.365. The molecule has 1 aliphatic rings. The van der Waals surface area contributed by atoms with Gasteiger partial charge >= 0.3 is 0 Å². The van der Waals surface area contributed by atoms with Crippen LogP contribution in [0.3, 0.4) is 0 Å². The fraction of sp³-hybridized carbons (Fsp3) is 0.550. The van der Waals surface area contributed by atoms with Gasteiger partial charge in [-0.05, 0) is 72.2 Å². The molecule has 0 spiro atoms. The average molecular weight is 444 g/mol. The van der Waals surface area contributed by atoms with E-state index in [9.17, 15) is 9.59 Å². The normalized spacial score (nSPS) is 14.3. The van der Waals surface area contributed by atoms with Crippen LogP contribution in [0.5, 0.6) is 0 Å². The van der Waals surface area contributed by atoms with E-state index in [2.05, 4.69) is 15.7 Å². The third-order valence-corrected chi connectivity index (χ3v) is 5.31. The van der Waals surface area contributed by atoms with Crippen molar-refractivity contribution in [2.45, 2.75) is 59.5 Å². The minimum absolute atomic E-state index is 0. The van der Waals surface area contributed by atoms with Gasteiger partial charge < -0.3 is 15.2 Å². The monoisotopic (exact) mass is 443 g/mol. The number of nitrogens with zero attached hydrogens (tertiary/aromatic N) is 3. The van der Waals surface area contributed by atoms with E-state index in [1.165, 1.54) is 0 Å². The molecule has 0 unspecified atom stereocenters. The second-order valence-electron chi connectivity index (χ2n) is 7.61. The van der Waals surface area contributed by atoms with Crippen molar-refractivity contribution in [3.8, 4) is 0 Å². The number of piperidine rings is 1. The molecule has 3 heterocycles. The molecule has 3 rings (SSSR count). The first-order valence-electron chi connectivity index (χ1n) is 9.60. The van der Waals surface area contributed by atoms with Gasteiger partial charge in [-0.15, -0.1) is 24.8 Å². The quantitative estimate of drug-likeness (QED) is 0.756. The predicted octanol–water partition coefficient (Wildman–Crippen LogP) is 3.57. The number of aromatic nitrogens is 3. The summed E-state index contributed by atoms with van der Waals surface area (Å²) in [5, 5.41) is 10.7. The molecule has 7 nitrogen and oxygen atoms in total. The van der Waals surface area contributed by atoms with E-state index in [1.807, 2.05) is 44.6 Å². The molecule has 1 saturated heterocycles. The van der Waals surface area contributed by atoms with E-state index >= 15 is 0 Å². The van der Waals surface area contributed by atoms with Crippen molar-refractivity contribution in [3.63, 3.8) is 0 Å². The standard InChI is InChI=1S/C20H29N5O2.2ClH/c1-12(2)25-15(5)18(14(4)23-25)22-19(26)17-13(3)8-11-24(20(17)27)16-6-9-21-10-7-16;;/h8,11-12,16,21H,6-7,9-10H2,1-5H3,(H,22,26);2*1H. The van der Waals surface area contributed by atoms with E-state index in [0.29, 0.717) is 11.3 Å². The Hall–Kier alpha value is -1.83. The number of hydrogen-bond acceptors (Lipinski definition) is 4. The molecule has 0 saturated carbocycles. The number of nitrogens with one attached hydrogen (secondary N) is 2. The second kappa shape index (κ2) is 10.3. The van der Waals surface area contributed by atoms with Crippen molar-refractivity contribution in [2.24, 2.45) is 0 Å². The van der Waals surface area contributed by atoms with Crippen LogP contribution in [0, 0.1) is 20.8 Å². The molecule has 0 aliphatic carbocycles. The van der Waals surface area contributed by atoms with E-state index in [4.69, 9.17) is 0 Å². The zero-order valence-electron chi connectivity index (χ0n) is 17.6. The molecule has 0 radical (unpaired) electrons. The number of anilines is 1. The smallest absolute Gasteiger partial charge is 0.263 e. The Kier molecular flexibility index (Phi) is 8.93. The highest BCUT2D eigenvalue weighted by Gasteiger charge is 2.23. The maximum absolute atomic E-state index is 13.1. The topological polar surface area (TPSA) is 81.0 Å². The number of aryl methyl sites for hydroxylation is 2. The molecule has 0 atom stereocenters. The lowest BCUT2D eigenvalue weighted by atomic mass is 10.0. The second-order valence-corrected chi connectivity index (χ2v) is 7.61. The predicted molar refractivity (Wildman–Crippen MR) is 121 cm³/mol. The lowest BCUT2D eigenvalue weighted by Gasteiger charge is -2.25. The molecule has 2 N–H and O–H groups in total. The van der Waals surface area contributed by atoms with Crippen LogP contribution < -0.4 is 16.2 Å². The van der Waals surface area contributed by atoms with Gasteiger partial charge in [0.2, 0.25) is 0 Å². The number of hydrogen-bond donors (Lipinski definition) is 2. The van der Waals surface area contributed by atoms with E-state index < -0.39 is 0 Å². The highest BCUT2D eigenvalue weighted by atomic mass is 35.5. The van der Waals surface area contributed by atoms with Gasteiger partial charge in [-0.3, -0.25) is 14.3 Å². The Morgan fingerprint density at radius 2 is 1.83 bits per heavy atom. The first-order valence-corrected chi connectivity index (χ1v) is 9.60. The van der Waals surface area contributed by atoms with Crippen LogP contribution in [0.15, 0.2) is 17.1 Å². The molecule has 0 aromatic carbocycles. The molecule has 1 aliphatic heterocycles. The van der Waals surface area contributed by atoms with Crippen molar-refractivity contribution in [3.05, 3.63) is 45.1 Å². The maximum atomic E-state index is 13.1. The van der Waals surface area contributed by atoms with Crippen LogP contribution >= 0.6 is 24.8 Å². The van der Waals surface area contributed by atoms with E-state index in [-0.39, 0.29) is 53.9 Å². The van der Waals surface area contributed by atoms with Gasteiger partial charge in [0.15, 0.2) is 0 Å². The Morgan fingerprint density at radius 3 is 2.38 bits per heavy atom. The Morgan fingerprint density at radius 1 is 1.21 bits per heavy atom. The summed E-state index contributed by atoms with van der Waals surface area (Å²) in [6.07, 6.45) is 3.60. The Labute approximate surface area is 184 Å². The van der Waals surface area contributed by atoms with Crippen LogP contribution in [-0.2, 0) is 0 Å². The fourth-order valence-electron chi connectivity index (χ4n) is 3.81. The minimum atomic E-state index is -0.365. The van der Waals surface area contributed by atoms with Gasteiger partial charge in [0, 0.05) is 18.3 Å². The molecular formula is C20H31Cl2N5O2. The van der Waals surface area contributed by atoms with Gasteiger partial charge in [0.05, 0.1) is 17.1 Å². The largest absolute Gasteiger partial charge is 0.319 e. The third kappa shape index (κ3) is 5.02. The highest BCUT2D eigenvalue weighted by molar-refractivity contribution is 6.05. The Balaban J connectivity index is 0.00000210. The first-order chi connectivity index (χ1) is 12.8. The van der Waals surface area contributed by atoms with Crippen LogP contribution in [0.25, 0.3) is 0 Å². The SMILES string of the molecule is Cc1ccn(C2CCNCC2)c(=O)c1C(=O)Nc1c(C)nn(C(C)C)c1C.Cl.Cl. The van der Waals surface area contributed by atoms with Crippen LogP contribution in [0.2, 0.25) is 0 Å². The van der Waals surface area contributed by atoms with Gasteiger partial charge in [-0.1, -0.05) is 0 Å². The highest BCUT2D eigenvalue weighted by Crippen LogP contribution is 2.23. The van der Waals surface area contributed by atoms with Gasteiger partial charge in [0.1, 0.15) is 5.56 Å². The summed E-state index contributed by atoms with van der Waals surface area (Å²) < 4.78 is 3.61. The number of pyridine rings is 1. The Bertz CT molecular complexity index is 914. The molecule has 9 heteroatoms. The zero-order chi connectivity index (χ0) is 19.7. The average Bonchev–Trinajstić information content (AvgIpc) is 2.91. The maximum Gasteiger partial charge on any atom is 0.263 e. The lowest BCUT2D eigenvalue weighted by Crippen LogP contribution is -2.37. The molecular weight excluding hydrogens is 413 g/mol. The number of halogens is 2. The van der Waals surface area contributed by atoms with Crippen LogP contribution in [0.1, 0.15) is 66.1 Å². The molecule has 29 heavy (non-hydrogen) atoms. The van der Waals surface area contributed by atoms with Gasteiger partial charge in [-0.25, -0.2) is 0 Å². The first kappa shape index (κ1) is 25.2. The molecule has 2 aromatic heterocycles. The molecule has 0 bridgehead atoms. The summed E-state index contributed by atoms with van der Waals surface area (Å²) in [6.45, 7) is 11.5. The molecule has 1 amide bonds. The molecule has 2 aromatic rings. The number of carbonyl (C=O) groups excluding carboxylic acids is 1. The minimum Gasteiger partial charge on any atom is -0.319 e. The van der Waals surface area contributed by atoms with E-state index in [1.54, 1.807) is 11.5 Å². The number of carbonyl (C=O) groups is 1. The summed E-state index contributed by atoms with van der Waals surface area (Å²) in [4.78, 5) is 26.1. The third-order valence-electron chi connectivity index (χ3n) is 5.31. The van der Waals surface area contributed by atoms with Crippen molar-refractivity contribution in [2.75, 3.05) is 18.4 Å². The summed E-state index contributed by atoms with van der Waals surface area (Å²) in [6, 6.07) is 2.19. The van der Waals surface area contributed by atoms with Crippen LogP contribution in [0.4, 0.5) is 5.69 Å². The van der Waals surface area contributed by atoms with Crippen molar-refractivity contribution in [1.82, 2.24) is 19.7 Å².